The second-order valence-corrected chi connectivity index (χ2v) is 7.15. The zero-order valence-corrected chi connectivity index (χ0v) is 17.7. The number of aliphatic hydroxyl groups is 1. The first-order valence-corrected chi connectivity index (χ1v) is 9.12. The molecule has 0 amide bonds. The summed E-state index contributed by atoms with van der Waals surface area (Å²) in [5.41, 5.74) is -3.58. The normalized spacial score (nSPS) is 12.0. The third kappa shape index (κ3) is 11.7. The van der Waals surface area contributed by atoms with E-state index in [1.54, 1.807) is 0 Å². The molecule has 6 N–H and O–H groups in total. The Bertz CT molecular complexity index is 873. The van der Waals surface area contributed by atoms with Crippen molar-refractivity contribution in [3.63, 3.8) is 0 Å². The molecule has 0 aliphatic heterocycles. The molecule has 0 aliphatic rings. The van der Waals surface area contributed by atoms with Crippen LogP contribution in [-0.2, 0) is 33.5 Å². The van der Waals surface area contributed by atoms with Crippen molar-refractivity contribution in [1.82, 2.24) is 0 Å². The summed E-state index contributed by atoms with van der Waals surface area (Å²) in [7, 11) is 0. The van der Waals surface area contributed by atoms with Gasteiger partial charge in [-0.1, -0.05) is 35.4 Å². The molecule has 34 heavy (non-hydrogen) atoms. The van der Waals surface area contributed by atoms with Crippen LogP contribution in [0.1, 0.15) is 36.8 Å². The van der Waals surface area contributed by atoms with Gasteiger partial charge in [0.25, 0.3) is 0 Å². The number of aryl methyl sites for hydroxylation is 2. The maximum atomic E-state index is 11.7. The van der Waals surface area contributed by atoms with Crippen LogP contribution >= 0.6 is 0 Å². The molecule has 0 fully saturated rings. The number of esters is 1. The minimum absolute atomic E-state index is 0. The van der Waals surface area contributed by atoms with Crippen molar-refractivity contribution in [3.05, 3.63) is 35.4 Å². The van der Waals surface area contributed by atoms with Crippen LogP contribution in [0.2, 0.25) is 0 Å². The number of carboxylic acids is 5. The van der Waals surface area contributed by atoms with E-state index in [2.05, 4.69) is 42.8 Å². The van der Waals surface area contributed by atoms with E-state index in [1.165, 1.54) is 11.1 Å². The van der Waals surface area contributed by atoms with E-state index in [1.807, 2.05) is 0 Å². The van der Waals surface area contributed by atoms with Crippen LogP contribution in [-0.4, -0.2) is 107 Å². The Morgan fingerprint density at radius 3 is 1.29 bits per heavy atom. The van der Waals surface area contributed by atoms with Crippen molar-refractivity contribution in [2.75, 3.05) is 0 Å². The number of carbonyl (C=O) groups excluding carboxylic acids is 1. The number of benzene rings is 1. The predicted octanol–water partition coefficient (Wildman–Crippen LogP) is -0.362. The van der Waals surface area contributed by atoms with Crippen LogP contribution in [0.15, 0.2) is 24.3 Å². The third-order valence-corrected chi connectivity index (χ3v) is 4.07. The van der Waals surface area contributed by atoms with Gasteiger partial charge in [0.1, 0.15) is 0 Å². The van der Waals surface area contributed by atoms with Crippen molar-refractivity contribution in [3.8, 4) is 0 Å². The molecule has 0 saturated carbocycles. The number of rotatable bonds is 11. The van der Waals surface area contributed by atoms with E-state index >= 15 is 0 Å². The van der Waals surface area contributed by atoms with E-state index in [9.17, 15) is 33.9 Å². The number of carbonyl (C=O) groups is 6. The molecule has 13 nitrogen and oxygen atoms in total. The number of hydrogen-bond donors (Lipinski definition) is 6. The molecular weight excluding hydrogens is 471 g/mol. The van der Waals surface area contributed by atoms with Crippen LogP contribution in [0.3, 0.4) is 0 Å². The maximum absolute atomic E-state index is 11.7. The predicted molar refractivity (Wildman–Crippen MR) is 113 cm³/mol. The van der Waals surface area contributed by atoms with Crippen LogP contribution in [0.5, 0.6) is 0 Å². The molecule has 0 bridgehead atoms. The average Bonchev–Trinajstić information content (AvgIpc) is 2.62. The standard InChI is InChI=1S/C12H14O13.C8H10.Na.H/c13-5(14)1-11(24,9(20)21)4-8(19)25-12(10(22)23,2-6(15)16)3-7(17)18;1-7-3-5-8(2)6-4-7;;/h24H,1-4H2,(H,13,14)(H,15,16)(H,17,18)(H,20,21)(H,22,23);3-6H,1-2H3;;. The van der Waals surface area contributed by atoms with Gasteiger partial charge < -0.3 is 35.4 Å². The molecule has 1 atom stereocenters. The van der Waals surface area contributed by atoms with Crippen molar-refractivity contribution >= 4 is 65.4 Å². The zero-order valence-electron chi connectivity index (χ0n) is 17.7. The summed E-state index contributed by atoms with van der Waals surface area (Å²) in [6, 6.07) is 8.48. The summed E-state index contributed by atoms with van der Waals surface area (Å²) >= 11 is 0. The average molecular weight is 496 g/mol. The van der Waals surface area contributed by atoms with Crippen molar-refractivity contribution in [2.24, 2.45) is 0 Å². The van der Waals surface area contributed by atoms with E-state index in [0.717, 1.165) is 0 Å². The Morgan fingerprint density at radius 1 is 0.676 bits per heavy atom. The molecule has 0 heterocycles. The molecule has 0 aliphatic carbocycles. The fraction of sp³-hybridized carbons (Fsp3) is 0.400. The van der Waals surface area contributed by atoms with Gasteiger partial charge in [0, 0.05) is 0 Å². The third-order valence-electron chi connectivity index (χ3n) is 4.07. The summed E-state index contributed by atoms with van der Waals surface area (Å²) in [6.07, 6.45) is -5.94. The second-order valence-electron chi connectivity index (χ2n) is 7.15. The quantitative estimate of drug-likeness (QED) is 0.170. The Labute approximate surface area is 215 Å². The topological polar surface area (TPSA) is 233 Å². The molecule has 14 heteroatoms. The summed E-state index contributed by atoms with van der Waals surface area (Å²) in [6.45, 7) is 4.19. The summed E-state index contributed by atoms with van der Waals surface area (Å²) in [5, 5.41) is 53.5. The van der Waals surface area contributed by atoms with Gasteiger partial charge in [-0.05, 0) is 13.8 Å². The molecule has 0 saturated heterocycles. The Kier molecular flexibility index (Phi) is 14.0. The van der Waals surface area contributed by atoms with Crippen molar-refractivity contribution in [1.29, 1.82) is 0 Å². The fourth-order valence-corrected chi connectivity index (χ4v) is 2.41. The second kappa shape index (κ2) is 14.3. The molecule has 1 rings (SSSR count). The molecule has 1 aromatic rings. The van der Waals surface area contributed by atoms with Crippen LogP contribution < -0.4 is 0 Å². The Morgan fingerprint density at radius 2 is 1.03 bits per heavy atom. The number of hydrogen-bond acceptors (Lipinski definition) is 8. The first-order valence-electron chi connectivity index (χ1n) is 9.12. The van der Waals surface area contributed by atoms with Crippen LogP contribution in [0, 0.1) is 13.8 Å². The van der Waals surface area contributed by atoms with Crippen molar-refractivity contribution in [2.45, 2.75) is 50.7 Å². The Balaban J connectivity index is 0. The molecule has 0 aromatic heterocycles. The minimum atomic E-state index is -3.17. The summed E-state index contributed by atoms with van der Waals surface area (Å²) in [5.74, 6) is -11.6. The van der Waals surface area contributed by atoms with E-state index in [0.29, 0.717) is 0 Å². The molecule has 0 spiro atoms. The Hall–Kier alpha value is -3.00. The molecule has 184 valence electrons. The van der Waals surface area contributed by atoms with Gasteiger partial charge in [0.05, 0.1) is 25.7 Å². The number of carboxylic acid groups (broad SMARTS) is 5. The first-order chi connectivity index (χ1) is 15.0. The molecule has 1 unspecified atom stereocenters. The van der Waals surface area contributed by atoms with Gasteiger partial charge in [-0.25, -0.2) is 9.59 Å². The van der Waals surface area contributed by atoms with Gasteiger partial charge in [-0.15, -0.1) is 0 Å². The number of aliphatic carboxylic acids is 5. The van der Waals surface area contributed by atoms with Gasteiger partial charge in [-0.2, -0.15) is 0 Å². The van der Waals surface area contributed by atoms with E-state index in [4.69, 9.17) is 25.5 Å². The zero-order chi connectivity index (χ0) is 26.0. The van der Waals surface area contributed by atoms with E-state index < -0.39 is 72.7 Å². The fourth-order valence-electron chi connectivity index (χ4n) is 2.41. The molecule has 0 radical (unpaired) electrons. The van der Waals surface area contributed by atoms with Gasteiger partial charge in [0.15, 0.2) is 5.60 Å². The van der Waals surface area contributed by atoms with Crippen LogP contribution in [0.25, 0.3) is 0 Å². The number of ether oxygens (including phenoxy) is 1. The monoisotopic (exact) mass is 496 g/mol. The van der Waals surface area contributed by atoms with Crippen molar-refractivity contribution < 1.29 is 64.1 Å². The van der Waals surface area contributed by atoms with E-state index in [-0.39, 0.29) is 29.6 Å². The first kappa shape index (κ1) is 33.2. The molecule has 1 aromatic carbocycles. The summed E-state index contributed by atoms with van der Waals surface area (Å²) < 4.78 is 4.33. The van der Waals surface area contributed by atoms with Gasteiger partial charge >= 0.3 is 65.4 Å². The summed E-state index contributed by atoms with van der Waals surface area (Å²) in [4.78, 5) is 66.0. The molecular formula is C20H25NaO13. The SMILES string of the molecule is Cc1ccc(C)cc1.O=C(O)CC(O)(CC(=O)OC(CC(=O)O)(CC(=O)O)C(=O)O)C(=O)O.[NaH]. The van der Waals surface area contributed by atoms with Crippen LogP contribution in [0.4, 0.5) is 0 Å². The van der Waals surface area contributed by atoms with Gasteiger partial charge in [0.2, 0.25) is 5.60 Å². The van der Waals surface area contributed by atoms with Gasteiger partial charge in [-0.3, -0.25) is 19.2 Å².